The topological polar surface area (TPSA) is 50.1 Å². The summed E-state index contributed by atoms with van der Waals surface area (Å²) in [6, 6.07) is 4.09. The molecule has 84 valence electrons. The Labute approximate surface area is 97.4 Å². The maximum Gasteiger partial charge on any atom is 0.310 e. The lowest BCUT2D eigenvalue weighted by Gasteiger charge is -2.05. The van der Waals surface area contributed by atoms with Gasteiger partial charge in [0, 0.05) is 0 Å². The van der Waals surface area contributed by atoms with Crippen molar-refractivity contribution in [3.63, 3.8) is 0 Å². The highest BCUT2D eigenvalue weighted by Crippen LogP contribution is 2.20. The molecule has 0 aliphatic heterocycles. The van der Waals surface area contributed by atoms with Gasteiger partial charge in [-0.2, -0.15) is 5.26 Å². The first-order valence-corrected chi connectivity index (χ1v) is 5.00. The van der Waals surface area contributed by atoms with E-state index in [1.807, 2.05) is 0 Å². The molecule has 1 aromatic carbocycles. The van der Waals surface area contributed by atoms with Crippen molar-refractivity contribution < 1.29 is 13.9 Å². The summed E-state index contributed by atoms with van der Waals surface area (Å²) in [5, 5.41) is 8.65. The Kier molecular flexibility index (Phi) is 4.27. The lowest BCUT2D eigenvalue weighted by atomic mass is 10.1. The van der Waals surface area contributed by atoms with Gasteiger partial charge in [-0.3, -0.25) is 4.79 Å². The molecule has 0 fully saturated rings. The second-order valence-electron chi connectivity index (χ2n) is 3.02. The number of esters is 1. The average Bonchev–Trinajstić information content (AvgIpc) is 2.23. The molecular weight excluding hydrogens is 233 g/mol. The van der Waals surface area contributed by atoms with E-state index in [9.17, 15) is 9.18 Å². The van der Waals surface area contributed by atoms with Crippen LogP contribution in [0.5, 0.6) is 0 Å². The summed E-state index contributed by atoms with van der Waals surface area (Å²) in [4.78, 5) is 11.2. The lowest BCUT2D eigenvalue weighted by Crippen LogP contribution is -2.09. The summed E-state index contributed by atoms with van der Waals surface area (Å²) in [7, 11) is 0. The largest absolute Gasteiger partial charge is 0.466 e. The van der Waals surface area contributed by atoms with Crippen molar-refractivity contribution in [3.05, 3.63) is 34.1 Å². The van der Waals surface area contributed by atoms with Gasteiger partial charge < -0.3 is 4.74 Å². The molecule has 0 heterocycles. The molecule has 1 rings (SSSR count). The fourth-order valence-corrected chi connectivity index (χ4v) is 1.39. The highest BCUT2D eigenvalue weighted by atomic mass is 35.5. The first-order chi connectivity index (χ1) is 7.58. The van der Waals surface area contributed by atoms with E-state index in [1.165, 1.54) is 6.07 Å². The van der Waals surface area contributed by atoms with Crippen LogP contribution in [-0.4, -0.2) is 12.6 Å². The summed E-state index contributed by atoms with van der Waals surface area (Å²) >= 11 is 5.57. The van der Waals surface area contributed by atoms with Crippen molar-refractivity contribution in [3.8, 4) is 6.07 Å². The van der Waals surface area contributed by atoms with E-state index >= 15 is 0 Å². The van der Waals surface area contributed by atoms with Gasteiger partial charge in [-0.05, 0) is 24.6 Å². The van der Waals surface area contributed by atoms with E-state index in [1.54, 1.807) is 13.0 Å². The molecule has 16 heavy (non-hydrogen) atoms. The highest BCUT2D eigenvalue weighted by Gasteiger charge is 2.12. The second-order valence-corrected chi connectivity index (χ2v) is 3.42. The molecule has 0 saturated heterocycles. The zero-order valence-corrected chi connectivity index (χ0v) is 9.34. The van der Waals surface area contributed by atoms with E-state index in [0.29, 0.717) is 5.56 Å². The molecular formula is C11H9ClFNO2. The minimum Gasteiger partial charge on any atom is -0.466 e. The van der Waals surface area contributed by atoms with E-state index < -0.39 is 11.8 Å². The van der Waals surface area contributed by atoms with E-state index in [0.717, 1.165) is 6.07 Å². The van der Waals surface area contributed by atoms with Gasteiger partial charge in [0.2, 0.25) is 0 Å². The van der Waals surface area contributed by atoms with Crippen molar-refractivity contribution in [1.29, 1.82) is 5.26 Å². The Hall–Kier alpha value is -1.60. The smallest absolute Gasteiger partial charge is 0.310 e. The Morgan fingerprint density at radius 3 is 2.88 bits per heavy atom. The van der Waals surface area contributed by atoms with Crippen LogP contribution in [0.1, 0.15) is 18.1 Å². The van der Waals surface area contributed by atoms with Crippen LogP contribution < -0.4 is 0 Å². The minimum atomic E-state index is -0.675. The van der Waals surface area contributed by atoms with Gasteiger partial charge in [0.25, 0.3) is 0 Å². The molecule has 0 aliphatic carbocycles. The number of hydrogen-bond acceptors (Lipinski definition) is 3. The van der Waals surface area contributed by atoms with Crippen molar-refractivity contribution in [2.45, 2.75) is 13.3 Å². The quantitative estimate of drug-likeness (QED) is 0.764. The third kappa shape index (κ3) is 2.94. The van der Waals surface area contributed by atoms with Gasteiger partial charge in [0.15, 0.2) is 0 Å². The molecule has 0 radical (unpaired) electrons. The first kappa shape index (κ1) is 12.5. The van der Waals surface area contributed by atoms with Crippen molar-refractivity contribution in [2.75, 3.05) is 6.61 Å². The van der Waals surface area contributed by atoms with Crippen LogP contribution in [0.3, 0.4) is 0 Å². The predicted octanol–water partition coefficient (Wildman–Crippen LogP) is 2.46. The van der Waals surface area contributed by atoms with E-state index in [-0.39, 0.29) is 23.6 Å². The normalized spacial score (nSPS) is 9.62. The van der Waals surface area contributed by atoms with Gasteiger partial charge >= 0.3 is 5.97 Å². The van der Waals surface area contributed by atoms with Crippen molar-refractivity contribution >= 4 is 17.6 Å². The number of benzene rings is 1. The van der Waals surface area contributed by atoms with Crippen LogP contribution in [0.25, 0.3) is 0 Å². The Morgan fingerprint density at radius 1 is 1.62 bits per heavy atom. The summed E-state index contributed by atoms with van der Waals surface area (Å²) in [5.74, 6) is -1.15. The van der Waals surface area contributed by atoms with Gasteiger partial charge in [-0.25, -0.2) is 4.39 Å². The fraction of sp³-hybridized carbons (Fsp3) is 0.273. The highest BCUT2D eigenvalue weighted by molar-refractivity contribution is 6.30. The van der Waals surface area contributed by atoms with Crippen LogP contribution in [0.4, 0.5) is 4.39 Å². The number of carbonyl (C=O) groups excluding carboxylic acids is 1. The zero-order valence-electron chi connectivity index (χ0n) is 8.59. The predicted molar refractivity (Wildman–Crippen MR) is 56.5 cm³/mol. The average molecular weight is 242 g/mol. The van der Waals surface area contributed by atoms with E-state index in [4.69, 9.17) is 21.6 Å². The summed E-state index contributed by atoms with van der Waals surface area (Å²) in [6.07, 6.45) is -0.0866. The Morgan fingerprint density at radius 2 is 2.31 bits per heavy atom. The van der Waals surface area contributed by atoms with Crippen LogP contribution >= 0.6 is 11.6 Å². The maximum atomic E-state index is 13.0. The number of ether oxygens (including phenoxy) is 1. The van der Waals surface area contributed by atoms with Crippen molar-refractivity contribution in [2.24, 2.45) is 0 Å². The van der Waals surface area contributed by atoms with Crippen LogP contribution in [0.15, 0.2) is 12.1 Å². The number of nitrogens with zero attached hydrogens (tertiary/aromatic N) is 1. The van der Waals surface area contributed by atoms with Crippen LogP contribution in [-0.2, 0) is 16.0 Å². The van der Waals surface area contributed by atoms with Gasteiger partial charge in [0.1, 0.15) is 5.82 Å². The molecule has 0 unspecified atom stereocenters. The molecule has 5 heteroatoms. The third-order valence-corrected chi connectivity index (χ3v) is 2.20. The van der Waals surface area contributed by atoms with Gasteiger partial charge in [0.05, 0.1) is 29.7 Å². The Balaban J connectivity index is 3.00. The number of nitriles is 1. The Bertz CT molecular complexity index is 454. The molecule has 1 aromatic rings. The standard InChI is InChI=1S/C11H9ClFNO2/c1-2-16-11(15)5-7-3-9(12)10(13)4-8(7)6-14/h3-4H,2,5H2,1H3. The first-order valence-electron chi connectivity index (χ1n) is 4.62. The monoisotopic (exact) mass is 241 g/mol. The molecule has 0 bridgehead atoms. The second kappa shape index (κ2) is 5.47. The number of rotatable bonds is 3. The molecule has 0 spiro atoms. The lowest BCUT2D eigenvalue weighted by molar-refractivity contribution is -0.142. The van der Waals surface area contributed by atoms with Crippen LogP contribution in [0, 0.1) is 17.1 Å². The molecule has 0 amide bonds. The van der Waals surface area contributed by atoms with Crippen LogP contribution in [0.2, 0.25) is 5.02 Å². The molecule has 0 N–H and O–H groups in total. The van der Waals surface area contributed by atoms with E-state index in [2.05, 4.69) is 0 Å². The molecule has 0 saturated carbocycles. The summed E-state index contributed by atoms with van der Waals surface area (Å²) in [5.41, 5.74) is 0.460. The molecule has 0 atom stereocenters. The minimum absolute atomic E-state index is 0.0866. The summed E-state index contributed by atoms with van der Waals surface area (Å²) < 4.78 is 17.8. The van der Waals surface area contributed by atoms with Crippen molar-refractivity contribution in [1.82, 2.24) is 0 Å². The number of halogens is 2. The maximum absolute atomic E-state index is 13.0. The molecule has 3 nitrogen and oxygen atoms in total. The SMILES string of the molecule is CCOC(=O)Cc1cc(Cl)c(F)cc1C#N. The zero-order chi connectivity index (χ0) is 12.1. The number of carbonyl (C=O) groups is 1. The van der Waals surface area contributed by atoms with Gasteiger partial charge in [-0.1, -0.05) is 11.6 Å². The molecule has 0 aromatic heterocycles. The van der Waals surface area contributed by atoms with Gasteiger partial charge in [-0.15, -0.1) is 0 Å². The number of hydrogen-bond donors (Lipinski definition) is 0. The summed E-state index contributed by atoms with van der Waals surface area (Å²) in [6.45, 7) is 1.94. The third-order valence-electron chi connectivity index (χ3n) is 1.91. The molecule has 0 aliphatic rings. The fourth-order valence-electron chi connectivity index (χ4n) is 1.21.